The summed E-state index contributed by atoms with van der Waals surface area (Å²) in [4.78, 5) is 4.30. The summed E-state index contributed by atoms with van der Waals surface area (Å²) >= 11 is 12.0. The zero-order valence-corrected chi connectivity index (χ0v) is 11.0. The lowest BCUT2D eigenvalue weighted by Crippen LogP contribution is -2.16. The first kappa shape index (κ1) is 12.0. The predicted octanol–water partition coefficient (Wildman–Crippen LogP) is 3.30. The van der Waals surface area contributed by atoms with Crippen LogP contribution in [0.25, 0.3) is 11.5 Å². The Balaban J connectivity index is 1.80. The zero-order valence-electron chi connectivity index (χ0n) is 9.49. The van der Waals surface area contributed by atoms with Gasteiger partial charge in [0.25, 0.3) is 5.89 Å². The highest BCUT2D eigenvalue weighted by Crippen LogP contribution is 2.29. The van der Waals surface area contributed by atoms with Crippen molar-refractivity contribution in [2.45, 2.75) is 25.4 Å². The topological polar surface area (TPSA) is 51.0 Å². The van der Waals surface area contributed by atoms with Crippen LogP contribution in [0.5, 0.6) is 0 Å². The number of hydrogen-bond acceptors (Lipinski definition) is 4. The number of nitrogens with zero attached hydrogens (tertiary/aromatic N) is 2. The average Bonchev–Trinajstić information content (AvgIpc) is 3.08. The van der Waals surface area contributed by atoms with Crippen LogP contribution >= 0.6 is 23.2 Å². The maximum atomic E-state index is 6.08. The molecule has 94 valence electrons. The number of nitrogens with one attached hydrogen (secondary N) is 1. The molecule has 18 heavy (non-hydrogen) atoms. The fourth-order valence-electron chi connectivity index (χ4n) is 1.62. The lowest BCUT2D eigenvalue weighted by Gasteiger charge is -1.98. The highest BCUT2D eigenvalue weighted by atomic mass is 35.5. The molecule has 1 saturated carbocycles. The highest BCUT2D eigenvalue weighted by Gasteiger charge is 2.21. The average molecular weight is 284 g/mol. The van der Waals surface area contributed by atoms with Gasteiger partial charge in [-0.2, -0.15) is 4.98 Å². The summed E-state index contributed by atoms with van der Waals surface area (Å²) in [5, 5.41) is 8.37. The molecule has 4 nitrogen and oxygen atoms in total. The quantitative estimate of drug-likeness (QED) is 0.936. The molecule has 0 amide bonds. The van der Waals surface area contributed by atoms with Gasteiger partial charge in [-0.1, -0.05) is 28.4 Å². The van der Waals surface area contributed by atoms with E-state index in [4.69, 9.17) is 27.7 Å². The van der Waals surface area contributed by atoms with Crippen LogP contribution in [0.4, 0.5) is 0 Å². The monoisotopic (exact) mass is 283 g/mol. The fraction of sp³-hybridized carbons (Fsp3) is 0.333. The summed E-state index contributed by atoms with van der Waals surface area (Å²) in [6.07, 6.45) is 2.45. The van der Waals surface area contributed by atoms with Gasteiger partial charge in [0.15, 0.2) is 5.82 Å². The number of benzene rings is 1. The summed E-state index contributed by atoms with van der Waals surface area (Å²) < 4.78 is 5.20. The molecule has 0 bridgehead atoms. The summed E-state index contributed by atoms with van der Waals surface area (Å²) in [5.41, 5.74) is 0.661. The molecule has 2 aromatic rings. The molecule has 6 heteroatoms. The van der Waals surface area contributed by atoms with Crippen molar-refractivity contribution in [2.75, 3.05) is 0 Å². The van der Waals surface area contributed by atoms with Crippen molar-refractivity contribution in [3.8, 4) is 11.5 Å². The first-order valence-corrected chi connectivity index (χ1v) is 6.49. The van der Waals surface area contributed by atoms with Gasteiger partial charge in [-0.05, 0) is 31.0 Å². The van der Waals surface area contributed by atoms with Crippen molar-refractivity contribution in [1.82, 2.24) is 15.5 Å². The van der Waals surface area contributed by atoms with Gasteiger partial charge in [-0.25, -0.2) is 0 Å². The van der Waals surface area contributed by atoms with Gasteiger partial charge in [-0.3, -0.25) is 0 Å². The molecule has 1 aliphatic rings. The van der Waals surface area contributed by atoms with E-state index in [0.717, 1.165) is 0 Å². The molecule has 3 rings (SSSR count). The van der Waals surface area contributed by atoms with Crippen LogP contribution in [0.3, 0.4) is 0 Å². The zero-order chi connectivity index (χ0) is 12.5. The summed E-state index contributed by atoms with van der Waals surface area (Å²) in [7, 11) is 0. The molecule has 0 radical (unpaired) electrons. The van der Waals surface area contributed by atoms with Gasteiger partial charge < -0.3 is 9.84 Å². The third-order valence-corrected chi connectivity index (χ3v) is 3.32. The molecular formula is C12H11Cl2N3O. The maximum Gasteiger partial charge on any atom is 0.259 e. The van der Waals surface area contributed by atoms with Crippen molar-refractivity contribution < 1.29 is 4.52 Å². The normalized spacial score (nSPS) is 15.0. The van der Waals surface area contributed by atoms with E-state index < -0.39 is 0 Å². The molecule has 1 heterocycles. The summed E-state index contributed by atoms with van der Waals surface area (Å²) in [6.45, 7) is 0.617. The minimum atomic E-state index is 0.398. The van der Waals surface area contributed by atoms with Crippen LogP contribution in [-0.4, -0.2) is 16.2 Å². The largest absolute Gasteiger partial charge is 0.334 e. The van der Waals surface area contributed by atoms with Crippen molar-refractivity contribution in [3.63, 3.8) is 0 Å². The van der Waals surface area contributed by atoms with Crippen molar-refractivity contribution in [2.24, 2.45) is 0 Å². The van der Waals surface area contributed by atoms with Crippen molar-refractivity contribution in [1.29, 1.82) is 0 Å². The van der Waals surface area contributed by atoms with Crippen LogP contribution in [0.1, 0.15) is 18.7 Å². The predicted molar refractivity (Wildman–Crippen MR) is 69.6 cm³/mol. The molecular weight excluding hydrogens is 273 g/mol. The van der Waals surface area contributed by atoms with Gasteiger partial charge in [0, 0.05) is 11.1 Å². The van der Waals surface area contributed by atoms with Crippen molar-refractivity contribution in [3.05, 3.63) is 34.1 Å². The van der Waals surface area contributed by atoms with Gasteiger partial charge in [-0.15, -0.1) is 0 Å². The van der Waals surface area contributed by atoms with E-state index in [1.165, 1.54) is 12.8 Å². The number of hydrogen-bond donors (Lipinski definition) is 1. The highest BCUT2D eigenvalue weighted by molar-refractivity contribution is 6.35. The van der Waals surface area contributed by atoms with E-state index in [2.05, 4.69) is 15.5 Å². The molecule has 1 aromatic heterocycles. The van der Waals surface area contributed by atoms with E-state index in [1.54, 1.807) is 18.2 Å². The number of aromatic nitrogens is 2. The Morgan fingerprint density at radius 1 is 1.33 bits per heavy atom. The Labute approximate surface area is 114 Å². The lowest BCUT2D eigenvalue weighted by atomic mass is 10.2. The van der Waals surface area contributed by atoms with E-state index in [-0.39, 0.29) is 0 Å². The third kappa shape index (κ3) is 2.66. The second-order valence-corrected chi connectivity index (χ2v) is 5.14. The maximum absolute atomic E-state index is 6.08. The van der Waals surface area contributed by atoms with Crippen LogP contribution in [0.2, 0.25) is 10.0 Å². The van der Waals surface area contributed by atoms with Gasteiger partial charge in [0.05, 0.1) is 17.1 Å². The SMILES string of the molecule is Clc1ccc(Cl)c(-c2nc(CNC3CC3)no2)c1. The van der Waals surface area contributed by atoms with E-state index in [9.17, 15) is 0 Å². The Bertz CT molecular complexity index is 566. The minimum absolute atomic E-state index is 0.398. The second-order valence-electron chi connectivity index (χ2n) is 4.30. The standard InChI is InChI=1S/C12H11Cl2N3O/c13-7-1-4-10(14)9(5-7)12-16-11(17-18-12)6-15-8-2-3-8/h1,4-5,8,15H,2-3,6H2. The molecule has 1 aromatic carbocycles. The van der Waals surface area contributed by atoms with Gasteiger partial charge in [0.2, 0.25) is 0 Å². The molecule has 1 aliphatic carbocycles. The number of halogens is 2. The van der Waals surface area contributed by atoms with Crippen LogP contribution < -0.4 is 5.32 Å². The first-order valence-electron chi connectivity index (χ1n) is 5.74. The number of rotatable bonds is 4. The molecule has 1 N–H and O–H groups in total. The third-order valence-electron chi connectivity index (χ3n) is 2.75. The molecule has 0 saturated heterocycles. The minimum Gasteiger partial charge on any atom is -0.334 e. The first-order chi connectivity index (χ1) is 8.72. The Hall–Kier alpha value is -1.10. The Morgan fingerprint density at radius 2 is 2.17 bits per heavy atom. The molecule has 0 unspecified atom stereocenters. The van der Waals surface area contributed by atoms with Crippen LogP contribution in [0, 0.1) is 0 Å². The molecule has 1 fully saturated rings. The van der Waals surface area contributed by atoms with Crippen LogP contribution in [-0.2, 0) is 6.54 Å². The fourth-order valence-corrected chi connectivity index (χ4v) is 1.99. The second kappa shape index (κ2) is 4.88. The summed E-state index contributed by atoms with van der Waals surface area (Å²) in [6, 6.07) is 5.77. The Kier molecular flexibility index (Phi) is 3.24. The lowest BCUT2D eigenvalue weighted by molar-refractivity contribution is 0.419. The van der Waals surface area contributed by atoms with Crippen molar-refractivity contribution >= 4 is 23.2 Å². The van der Waals surface area contributed by atoms with Gasteiger partial charge in [0.1, 0.15) is 0 Å². The van der Waals surface area contributed by atoms with E-state index in [1.807, 2.05) is 0 Å². The van der Waals surface area contributed by atoms with Crippen LogP contribution in [0.15, 0.2) is 22.7 Å². The van der Waals surface area contributed by atoms with Gasteiger partial charge >= 0.3 is 0 Å². The molecule has 0 spiro atoms. The Morgan fingerprint density at radius 3 is 2.94 bits per heavy atom. The molecule has 0 aliphatic heterocycles. The summed E-state index contributed by atoms with van der Waals surface area (Å²) in [5.74, 6) is 1.03. The molecule has 0 atom stereocenters. The smallest absolute Gasteiger partial charge is 0.259 e. The van der Waals surface area contributed by atoms with E-state index in [0.29, 0.717) is 39.9 Å². The van der Waals surface area contributed by atoms with E-state index >= 15 is 0 Å².